The topological polar surface area (TPSA) is 109 Å². The maximum absolute atomic E-state index is 13.5. The predicted molar refractivity (Wildman–Crippen MR) is 111 cm³/mol. The quantitative estimate of drug-likeness (QED) is 0.449. The van der Waals surface area contributed by atoms with Crippen LogP contribution in [0.2, 0.25) is 0 Å². The predicted octanol–water partition coefficient (Wildman–Crippen LogP) is 4.22. The third-order valence-electron chi connectivity index (χ3n) is 4.77. The van der Waals surface area contributed by atoms with Crippen molar-refractivity contribution in [3.63, 3.8) is 0 Å². The number of rotatable bonds is 3. The lowest BCUT2D eigenvalue weighted by Crippen LogP contribution is -1.85. The molecule has 6 rings (SSSR count). The molecule has 0 unspecified atom stereocenters. The molecule has 0 aliphatic heterocycles. The van der Waals surface area contributed by atoms with E-state index in [9.17, 15) is 4.39 Å². The number of fused-ring (bicyclic) bond motifs is 2. The minimum atomic E-state index is -0.249. The van der Waals surface area contributed by atoms with Crippen LogP contribution in [0, 0.1) is 5.13 Å². The molecule has 0 fully saturated rings. The number of hydrogen-bond acceptors (Lipinski definition) is 7. The van der Waals surface area contributed by atoms with Crippen LogP contribution in [-0.2, 0) is 0 Å². The van der Waals surface area contributed by atoms with Gasteiger partial charge < -0.3 is 4.98 Å². The SMILES string of the molecule is Fc1ccc(-c2cncc3[nH]c(-c4[nH]nc5ncc(-c6cncnc6)cc45)nc23)s1. The van der Waals surface area contributed by atoms with Gasteiger partial charge in [0.15, 0.2) is 16.6 Å². The molecule has 0 aliphatic carbocycles. The third kappa shape index (κ3) is 2.65. The highest BCUT2D eigenvalue weighted by atomic mass is 32.1. The second kappa shape index (κ2) is 6.49. The maximum atomic E-state index is 13.5. The number of H-pyrrole nitrogens is 2. The molecule has 0 saturated heterocycles. The zero-order valence-corrected chi connectivity index (χ0v) is 16.0. The summed E-state index contributed by atoms with van der Waals surface area (Å²) in [6, 6.07) is 5.14. The molecule has 6 heterocycles. The summed E-state index contributed by atoms with van der Waals surface area (Å²) in [5, 5.41) is 7.87. The first kappa shape index (κ1) is 16.9. The molecule has 0 atom stereocenters. The minimum Gasteiger partial charge on any atom is -0.335 e. The van der Waals surface area contributed by atoms with Crippen molar-refractivity contribution < 1.29 is 4.39 Å². The van der Waals surface area contributed by atoms with E-state index in [2.05, 4.69) is 35.1 Å². The van der Waals surface area contributed by atoms with E-state index in [-0.39, 0.29) is 5.13 Å². The Bertz CT molecular complexity index is 1520. The first-order valence-electron chi connectivity index (χ1n) is 8.95. The molecule has 8 nitrogen and oxygen atoms in total. The van der Waals surface area contributed by atoms with E-state index < -0.39 is 0 Å². The molecule has 0 saturated carbocycles. The van der Waals surface area contributed by atoms with Gasteiger partial charge in [0, 0.05) is 46.4 Å². The Hall–Kier alpha value is -4.05. The first-order chi connectivity index (χ1) is 14.8. The zero-order chi connectivity index (χ0) is 20.1. The Labute approximate surface area is 171 Å². The first-order valence-corrected chi connectivity index (χ1v) is 9.77. The second-order valence-corrected chi connectivity index (χ2v) is 7.63. The van der Waals surface area contributed by atoms with E-state index in [1.54, 1.807) is 37.1 Å². The van der Waals surface area contributed by atoms with E-state index in [0.29, 0.717) is 22.7 Å². The molecule has 0 aromatic carbocycles. The number of nitrogens with zero attached hydrogens (tertiary/aromatic N) is 6. The van der Waals surface area contributed by atoms with Gasteiger partial charge in [0.05, 0.1) is 17.1 Å². The average molecular weight is 414 g/mol. The highest BCUT2D eigenvalue weighted by molar-refractivity contribution is 7.14. The molecule has 6 aromatic heterocycles. The van der Waals surface area contributed by atoms with Crippen molar-refractivity contribution in [2.45, 2.75) is 0 Å². The molecular formula is C20H11FN8S. The molecule has 0 amide bonds. The van der Waals surface area contributed by atoms with Crippen LogP contribution in [0.15, 0.2) is 55.5 Å². The normalized spacial score (nSPS) is 11.5. The number of nitrogens with one attached hydrogen (secondary N) is 2. The van der Waals surface area contributed by atoms with Gasteiger partial charge in [-0.3, -0.25) is 10.1 Å². The van der Waals surface area contributed by atoms with Crippen LogP contribution < -0.4 is 0 Å². The summed E-state index contributed by atoms with van der Waals surface area (Å²) in [5.41, 5.74) is 5.24. The molecule has 0 aliphatic rings. The van der Waals surface area contributed by atoms with Gasteiger partial charge in [-0.2, -0.15) is 9.49 Å². The second-order valence-electron chi connectivity index (χ2n) is 6.59. The van der Waals surface area contributed by atoms with Crippen molar-refractivity contribution in [1.82, 2.24) is 40.1 Å². The lowest BCUT2D eigenvalue weighted by atomic mass is 10.1. The van der Waals surface area contributed by atoms with Crippen LogP contribution in [0.4, 0.5) is 4.39 Å². The van der Waals surface area contributed by atoms with E-state index in [0.717, 1.165) is 43.8 Å². The Kier molecular flexibility index (Phi) is 3.65. The lowest BCUT2D eigenvalue weighted by Gasteiger charge is -2.00. The summed E-state index contributed by atoms with van der Waals surface area (Å²) in [6.07, 6.45) is 10.1. The molecule has 0 bridgehead atoms. The summed E-state index contributed by atoms with van der Waals surface area (Å²) in [4.78, 5) is 25.6. The number of thiophene rings is 1. The Balaban J connectivity index is 1.52. The van der Waals surface area contributed by atoms with Gasteiger partial charge in [-0.1, -0.05) is 0 Å². The smallest absolute Gasteiger partial charge is 0.181 e. The van der Waals surface area contributed by atoms with Gasteiger partial charge in [-0.25, -0.2) is 19.9 Å². The largest absolute Gasteiger partial charge is 0.335 e. The van der Waals surface area contributed by atoms with E-state index in [1.165, 1.54) is 12.4 Å². The molecule has 0 spiro atoms. The fraction of sp³-hybridized carbons (Fsp3) is 0. The summed E-state index contributed by atoms with van der Waals surface area (Å²) >= 11 is 1.06. The van der Waals surface area contributed by atoms with Crippen LogP contribution in [0.5, 0.6) is 0 Å². The molecule has 6 aromatic rings. The van der Waals surface area contributed by atoms with Crippen molar-refractivity contribution in [3.05, 3.63) is 60.6 Å². The number of halogens is 1. The standard InChI is InChI=1S/C20H11FN8S/c21-16-2-1-15(30-16)13-7-22-8-14-17(13)27-20(26-14)18-12-3-10(6-25-19(12)29-28-18)11-4-23-9-24-5-11/h1-9H,(H,26,27)(H,25,28,29). The van der Waals surface area contributed by atoms with E-state index >= 15 is 0 Å². The van der Waals surface area contributed by atoms with Crippen LogP contribution in [0.25, 0.3) is 55.2 Å². The highest BCUT2D eigenvalue weighted by Gasteiger charge is 2.17. The van der Waals surface area contributed by atoms with Gasteiger partial charge in [-0.15, -0.1) is 11.3 Å². The summed E-state index contributed by atoms with van der Waals surface area (Å²) < 4.78 is 13.5. The van der Waals surface area contributed by atoms with Gasteiger partial charge >= 0.3 is 0 Å². The van der Waals surface area contributed by atoms with Crippen LogP contribution in [-0.4, -0.2) is 40.1 Å². The molecule has 2 N–H and O–H groups in total. The number of imidazole rings is 1. The van der Waals surface area contributed by atoms with Crippen molar-refractivity contribution >= 4 is 33.4 Å². The molecule has 30 heavy (non-hydrogen) atoms. The van der Waals surface area contributed by atoms with Gasteiger partial charge in [-0.05, 0) is 18.2 Å². The fourth-order valence-electron chi connectivity index (χ4n) is 3.38. The monoisotopic (exact) mass is 414 g/mol. The minimum absolute atomic E-state index is 0.249. The lowest BCUT2D eigenvalue weighted by molar-refractivity contribution is 0.657. The van der Waals surface area contributed by atoms with Crippen LogP contribution >= 0.6 is 11.3 Å². The average Bonchev–Trinajstić information content (AvgIpc) is 3.51. The van der Waals surface area contributed by atoms with Crippen molar-refractivity contribution in [3.8, 4) is 33.1 Å². The highest BCUT2D eigenvalue weighted by Crippen LogP contribution is 2.34. The fourth-order valence-corrected chi connectivity index (χ4v) is 4.12. The molecule has 144 valence electrons. The van der Waals surface area contributed by atoms with Crippen molar-refractivity contribution in [2.24, 2.45) is 0 Å². The summed E-state index contributed by atoms with van der Waals surface area (Å²) in [7, 11) is 0. The summed E-state index contributed by atoms with van der Waals surface area (Å²) in [6.45, 7) is 0. The number of aromatic nitrogens is 8. The number of aromatic amines is 2. The summed E-state index contributed by atoms with van der Waals surface area (Å²) in [5.74, 6) is 0.599. The van der Waals surface area contributed by atoms with Gasteiger partial charge in [0.25, 0.3) is 0 Å². The van der Waals surface area contributed by atoms with Crippen LogP contribution in [0.1, 0.15) is 0 Å². The molecule has 10 heteroatoms. The molecular weight excluding hydrogens is 403 g/mol. The van der Waals surface area contributed by atoms with E-state index in [1.807, 2.05) is 6.07 Å². The molecule has 0 radical (unpaired) electrons. The Morgan fingerprint density at radius 2 is 1.83 bits per heavy atom. The maximum Gasteiger partial charge on any atom is 0.181 e. The number of pyridine rings is 2. The zero-order valence-electron chi connectivity index (χ0n) is 15.2. The van der Waals surface area contributed by atoms with Gasteiger partial charge in [0.1, 0.15) is 17.5 Å². The Morgan fingerprint density at radius 1 is 0.933 bits per heavy atom. The van der Waals surface area contributed by atoms with Crippen molar-refractivity contribution in [1.29, 1.82) is 0 Å². The van der Waals surface area contributed by atoms with Crippen molar-refractivity contribution in [2.75, 3.05) is 0 Å². The van der Waals surface area contributed by atoms with E-state index in [4.69, 9.17) is 4.98 Å². The number of hydrogen-bond donors (Lipinski definition) is 2. The van der Waals surface area contributed by atoms with Gasteiger partial charge in [0.2, 0.25) is 0 Å². The Morgan fingerprint density at radius 3 is 2.67 bits per heavy atom. The third-order valence-corrected chi connectivity index (χ3v) is 5.68. The van der Waals surface area contributed by atoms with Crippen LogP contribution in [0.3, 0.4) is 0 Å².